The topological polar surface area (TPSA) is 166 Å². The van der Waals surface area contributed by atoms with Crippen molar-refractivity contribution >= 4 is 18.0 Å². The zero-order valence-corrected chi connectivity index (χ0v) is 16.0. The zero-order valence-electron chi connectivity index (χ0n) is 13.1. The minimum absolute atomic E-state index is 0. The van der Waals surface area contributed by atoms with Crippen LogP contribution >= 0.6 is 0 Å². The number of ether oxygens (including phenoxy) is 2. The molecule has 1 aliphatic heterocycles. The molecule has 24 heavy (non-hydrogen) atoms. The van der Waals surface area contributed by atoms with Crippen molar-refractivity contribution in [2.45, 2.75) is 38.2 Å². The van der Waals surface area contributed by atoms with E-state index in [9.17, 15) is 19.5 Å². The van der Waals surface area contributed by atoms with Crippen molar-refractivity contribution in [1.82, 2.24) is 5.32 Å². The average molecular weight is 420 g/mol. The molecule has 0 fully saturated rings. The molecule has 0 spiro atoms. The molecule has 1 rings (SSSR count). The van der Waals surface area contributed by atoms with Crippen LogP contribution in [0, 0.1) is 5.92 Å². The Morgan fingerprint density at radius 1 is 1.46 bits per heavy atom. The molecule has 3 unspecified atom stereocenters. The molecule has 0 saturated heterocycles. The fraction of sp³-hybridized carbons (Fsp3) is 0.615. The number of hydrogen-bond donors (Lipinski definition) is 4. The summed E-state index contributed by atoms with van der Waals surface area (Å²) < 4.78 is 9.88. The van der Waals surface area contributed by atoms with E-state index in [4.69, 9.17) is 20.7 Å². The van der Waals surface area contributed by atoms with Crippen LogP contribution < -0.4 is 5.32 Å². The molecule has 5 N–H and O–H groups in total. The predicted molar refractivity (Wildman–Crippen MR) is 75.0 cm³/mol. The Morgan fingerprint density at radius 3 is 2.46 bits per heavy atom. The number of aliphatic hydroxyl groups is 2. The van der Waals surface area contributed by atoms with E-state index >= 15 is 0 Å². The second kappa shape index (κ2) is 9.92. The normalized spacial score (nSPS) is 25.2. The Labute approximate surface area is 163 Å². The molecule has 133 valence electrons. The average Bonchev–Trinajstić information content (AvgIpc) is 2.45. The number of carbonyl (C=O) groups is 3. The first-order valence-electron chi connectivity index (χ1n) is 6.77. The van der Waals surface area contributed by atoms with Crippen molar-refractivity contribution in [2.75, 3.05) is 6.61 Å². The largest absolute Gasteiger partial charge is 0.632 e. The fourth-order valence-corrected chi connectivity index (χ4v) is 2.33. The molecule has 2 amide bonds. The number of amides is 2. The van der Waals surface area contributed by atoms with E-state index < -0.39 is 60.6 Å². The van der Waals surface area contributed by atoms with Gasteiger partial charge < -0.3 is 35.8 Å². The Kier molecular flexibility index (Phi) is 9.42. The van der Waals surface area contributed by atoms with Gasteiger partial charge in [-0.25, -0.2) is 4.79 Å². The first-order valence-corrected chi connectivity index (χ1v) is 6.77. The molecule has 10 nitrogen and oxygen atoms in total. The number of aliphatic hydroxyl groups excluding tert-OH is 2. The summed E-state index contributed by atoms with van der Waals surface area (Å²) in [6, 6.07) is -0.832. The van der Waals surface area contributed by atoms with Gasteiger partial charge in [0, 0.05) is 45.6 Å². The Morgan fingerprint density at radius 2 is 2.04 bits per heavy atom. The molecule has 11 heteroatoms. The van der Waals surface area contributed by atoms with Crippen LogP contribution in [-0.4, -0.2) is 64.2 Å². The quantitative estimate of drug-likeness (QED) is 0.442. The molecule has 1 heterocycles. The maximum atomic E-state index is 11.3. The summed E-state index contributed by atoms with van der Waals surface area (Å²) in [5, 5.41) is 30.5. The molecule has 0 aromatic rings. The van der Waals surface area contributed by atoms with E-state index in [1.165, 1.54) is 13.0 Å². The van der Waals surface area contributed by atoms with Gasteiger partial charge in [-0.1, -0.05) is 6.92 Å². The third-order valence-corrected chi connectivity index (χ3v) is 3.31. The van der Waals surface area contributed by atoms with Crippen molar-refractivity contribution in [1.29, 1.82) is 0 Å². The van der Waals surface area contributed by atoms with Crippen molar-refractivity contribution in [3.8, 4) is 0 Å². The molecule has 1 aliphatic rings. The number of carbonyl (C=O) groups excluding carboxylic acids is 2. The molecule has 0 aromatic carbocycles. The number of rotatable bonds is 6. The molecule has 0 bridgehead atoms. The first kappa shape index (κ1) is 22.8. The van der Waals surface area contributed by atoms with Gasteiger partial charge in [-0.05, 0) is 6.08 Å². The minimum atomic E-state index is -1.62. The SMILES string of the molecule is CC(=O)NC1C(C)C=C(C(=O)O)OC1[C@H](OC([NH-])=O)[C@H](O)CO.[Y]. The van der Waals surface area contributed by atoms with E-state index in [-0.39, 0.29) is 32.7 Å². The monoisotopic (exact) mass is 420 g/mol. The van der Waals surface area contributed by atoms with Crippen LogP contribution in [0.1, 0.15) is 13.8 Å². The summed E-state index contributed by atoms with van der Waals surface area (Å²) in [5.74, 6) is -2.79. The molecular weight excluding hydrogens is 401 g/mol. The van der Waals surface area contributed by atoms with Gasteiger partial charge in [0.15, 0.2) is 12.2 Å². The van der Waals surface area contributed by atoms with Crippen molar-refractivity contribution in [3.63, 3.8) is 0 Å². The Hall–Kier alpha value is -1.23. The number of aliphatic carboxylic acids is 1. The smallest absolute Gasteiger partial charge is 0.370 e. The number of hydrogen-bond acceptors (Lipinski definition) is 7. The van der Waals surface area contributed by atoms with Crippen LogP contribution in [-0.2, 0) is 51.8 Å². The van der Waals surface area contributed by atoms with E-state index in [2.05, 4.69) is 10.1 Å². The molecule has 0 saturated carbocycles. The number of nitrogens with one attached hydrogen (secondary N) is 2. The first-order chi connectivity index (χ1) is 10.7. The molecule has 1 radical (unpaired) electrons. The second-order valence-corrected chi connectivity index (χ2v) is 5.12. The summed E-state index contributed by atoms with van der Waals surface area (Å²) in [6.45, 7) is 2.02. The van der Waals surface area contributed by atoms with E-state index in [1.807, 2.05) is 0 Å². The van der Waals surface area contributed by atoms with E-state index in [1.54, 1.807) is 6.92 Å². The standard InChI is InChI=1S/C13H20N2O8.Y/c1-5-3-8(12(19)20)22-11(9(5)15-6(2)17)10(7(18)4-16)23-13(14)21;/h3,5,7,9-11,16,18H,4H2,1-2H3,(H4,14,15,17,19,20,21);/p-1/t5?,7-,9?,10-,11?;/m1./s1. The maximum absolute atomic E-state index is 11.3. The summed E-state index contributed by atoms with van der Waals surface area (Å²) >= 11 is 0. The van der Waals surface area contributed by atoms with Crippen LogP contribution in [0.4, 0.5) is 4.79 Å². The van der Waals surface area contributed by atoms with Crippen LogP contribution in [0.2, 0.25) is 0 Å². The van der Waals surface area contributed by atoms with Crippen LogP contribution in [0.3, 0.4) is 0 Å². The Bertz CT molecular complexity index is 512. The summed E-state index contributed by atoms with van der Waals surface area (Å²) in [7, 11) is 0. The van der Waals surface area contributed by atoms with Gasteiger partial charge in [-0.15, -0.1) is 0 Å². The summed E-state index contributed by atoms with van der Waals surface area (Å²) in [4.78, 5) is 33.4. The van der Waals surface area contributed by atoms with Gasteiger partial charge in [-0.2, -0.15) is 0 Å². The summed E-state index contributed by atoms with van der Waals surface area (Å²) in [5.41, 5.74) is 6.86. The van der Waals surface area contributed by atoms with Crippen molar-refractivity contribution in [2.24, 2.45) is 5.92 Å². The summed E-state index contributed by atoms with van der Waals surface area (Å²) in [6.07, 6.45) is -4.67. The Balaban J connectivity index is 0.00000529. The fourth-order valence-electron chi connectivity index (χ4n) is 2.33. The predicted octanol–water partition coefficient (Wildman–Crippen LogP) is -0.597. The van der Waals surface area contributed by atoms with Crippen molar-refractivity contribution in [3.05, 3.63) is 17.6 Å². The van der Waals surface area contributed by atoms with Gasteiger partial charge in [0.1, 0.15) is 6.10 Å². The number of carboxylic acids is 1. The van der Waals surface area contributed by atoms with Crippen molar-refractivity contribution < 1.29 is 71.9 Å². The van der Waals surface area contributed by atoms with E-state index in [0.29, 0.717) is 0 Å². The van der Waals surface area contributed by atoms with E-state index in [0.717, 1.165) is 0 Å². The van der Waals surface area contributed by atoms with Crippen LogP contribution in [0.5, 0.6) is 0 Å². The third-order valence-electron chi connectivity index (χ3n) is 3.31. The number of carboxylic acid groups (broad SMARTS) is 1. The molecular formula is C13H19N2O8Y-. The molecule has 0 aliphatic carbocycles. The second-order valence-electron chi connectivity index (χ2n) is 5.12. The molecule has 5 atom stereocenters. The van der Waals surface area contributed by atoms with Crippen LogP contribution in [0.25, 0.3) is 5.73 Å². The minimum Gasteiger partial charge on any atom is -0.632 e. The van der Waals surface area contributed by atoms with Gasteiger partial charge in [0.25, 0.3) is 0 Å². The van der Waals surface area contributed by atoms with Gasteiger partial charge in [-0.3, -0.25) is 9.59 Å². The van der Waals surface area contributed by atoms with Gasteiger partial charge in [0.2, 0.25) is 17.8 Å². The maximum Gasteiger partial charge on any atom is 0.370 e. The molecule has 0 aromatic heterocycles. The third kappa shape index (κ3) is 6.01. The van der Waals surface area contributed by atoms with Gasteiger partial charge >= 0.3 is 5.97 Å². The van der Waals surface area contributed by atoms with Crippen LogP contribution in [0.15, 0.2) is 11.8 Å². The van der Waals surface area contributed by atoms with Gasteiger partial charge in [0.05, 0.1) is 12.6 Å². The zero-order chi connectivity index (χ0) is 17.7.